The molecule has 3 amide bonds. The number of piperidine rings is 1. The summed E-state index contributed by atoms with van der Waals surface area (Å²) in [5, 5.41) is 4.94. The molecule has 0 bridgehead atoms. The highest BCUT2D eigenvalue weighted by Gasteiger charge is 2.28. The van der Waals surface area contributed by atoms with E-state index >= 15 is 0 Å². The molecule has 6 heteroatoms. The smallest absolute Gasteiger partial charge is 0.252 e. The van der Waals surface area contributed by atoms with Crippen LogP contribution in [0.1, 0.15) is 36.0 Å². The van der Waals surface area contributed by atoms with Crippen molar-refractivity contribution in [3.05, 3.63) is 29.8 Å². The minimum Gasteiger partial charge on any atom is -0.372 e. The molecular formula is C16H19N3O3. The predicted octanol–water partition coefficient (Wildman–Crippen LogP) is 0.822. The van der Waals surface area contributed by atoms with Crippen molar-refractivity contribution >= 4 is 23.4 Å². The van der Waals surface area contributed by atoms with Gasteiger partial charge in [-0.1, -0.05) is 6.07 Å². The first-order chi connectivity index (χ1) is 10.6. The van der Waals surface area contributed by atoms with Crippen molar-refractivity contribution in [2.45, 2.75) is 31.7 Å². The van der Waals surface area contributed by atoms with Gasteiger partial charge in [-0.05, 0) is 37.5 Å². The Kier molecular flexibility index (Phi) is 4.09. The molecule has 0 aliphatic carbocycles. The number of benzene rings is 1. The van der Waals surface area contributed by atoms with Crippen molar-refractivity contribution in [3.63, 3.8) is 0 Å². The molecule has 0 spiro atoms. The standard InChI is InChI=1S/C16H19N3O3/c20-14-7-6-13(16(22)18-14)17-15(21)11-4-3-5-12(10-11)19-8-1-2-9-19/h3-5,10,13H,1-2,6-9H2,(H,17,21)(H,18,20,22). The van der Waals surface area contributed by atoms with Gasteiger partial charge < -0.3 is 10.2 Å². The Bertz CT molecular complexity index is 608. The molecule has 2 aliphatic rings. The van der Waals surface area contributed by atoms with E-state index in [1.54, 1.807) is 6.07 Å². The van der Waals surface area contributed by atoms with Gasteiger partial charge in [-0.25, -0.2) is 0 Å². The highest BCUT2D eigenvalue weighted by atomic mass is 16.2. The van der Waals surface area contributed by atoms with Gasteiger partial charge in [0, 0.05) is 30.8 Å². The number of hydrogen-bond donors (Lipinski definition) is 2. The average Bonchev–Trinajstić information content (AvgIpc) is 3.04. The Labute approximate surface area is 128 Å². The molecule has 2 aliphatic heterocycles. The van der Waals surface area contributed by atoms with Crippen molar-refractivity contribution in [1.29, 1.82) is 0 Å². The summed E-state index contributed by atoms with van der Waals surface area (Å²) in [5.41, 5.74) is 1.57. The summed E-state index contributed by atoms with van der Waals surface area (Å²) in [6, 6.07) is 6.80. The minimum absolute atomic E-state index is 0.254. The van der Waals surface area contributed by atoms with Crippen LogP contribution in [-0.4, -0.2) is 36.9 Å². The summed E-state index contributed by atoms with van der Waals surface area (Å²) >= 11 is 0. The summed E-state index contributed by atoms with van der Waals surface area (Å²) in [5.74, 6) is -0.998. The fourth-order valence-corrected chi connectivity index (χ4v) is 2.89. The van der Waals surface area contributed by atoms with Crippen molar-refractivity contribution in [2.75, 3.05) is 18.0 Å². The molecule has 116 valence electrons. The lowest BCUT2D eigenvalue weighted by Gasteiger charge is -2.22. The Morgan fingerprint density at radius 3 is 2.73 bits per heavy atom. The van der Waals surface area contributed by atoms with Crippen LogP contribution in [0.15, 0.2) is 24.3 Å². The Morgan fingerprint density at radius 2 is 2.00 bits per heavy atom. The van der Waals surface area contributed by atoms with Crippen LogP contribution in [0.3, 0.4) is 0 Å². The maximum absolute atomic E-state index is 12.3. The van der Waals surface area contributed by atoms with Crippen molar-refractivity contribution < 1.29 is 14.4 Å². The first-order valence-corrected chi connectivity index (χ1v) is 7.63. The van der Waals surface area contributed by atoms with Gasteiger partial charge in [-0.3, -0.25) is 19.7 Å². The summed E-state index contributed by atoms with van der Waals surface area (Å²) < 4.78 is 0. The van der Waals surface area contributed by atoms with E-state index in [2.05, 4.69) is 15.5 Å². The quantitative estimate of drug-likeness (QED) is 0.810. The fourth-order valence-electron chi connectivity index (χ4n) is 2.89. The van der Waals surface area contributed by atoms with Crippen LogP contribution in [0.5, 0.6) is 0 Å². The van der Waals surface area contributed by atoms with E-state index in [9.17, 15) is 14.4 Å². The number of amides is 3. The monoisotopic (exact) mass is 301 g/mol. The highest BCUT2D eigenvalue weighted by molar-refractivity contribution is 6.04. The third-order valence-corrected chi connectivity index (χ3v) is 4.12. The van der Waals surface area contributed by atoms with Gasteiger partial charge in [0.2, 0.25) is 11.8 Å². The van der Waals surface area contributed by atoms with E-state index < -0.39 is 11.9 Å². The normalized spacial score (nSPS) is 21.6. The van der Waals surface area contributed by atoms with Crippen molar-refractivity contribution in [3.8, 4) is 0 Å². The Hall–Kier alpha value is -2.37. The van der Waals surface area contributed by atoms with Gasteiger partial charge in [0.05, 0.1) is 0 Å². The van der Waals surface area contributed by atoms with E-state index in [0.717, 1.165) is 18.8 Å². The third kappa shape index (κ3) is 3.10. The largest absolute Gasteiger partial charge is 0.372 e. The van der Waals surface area contributed by atoms with E-state index in [0.29, 0.717) is 12.0 Å². The molecule has 0 radical (unpaired) electrons. The minimum atomic E-state index is -0.638. The Morgan fingerprint density at radius 1 is 1.23 bits per heavy atom. The number of hydrogen-bond acceptors (Lipinski definition) is 4. The lowest BCUT2D eigenvalue weighted by atomic mass is 10.1. The molecule has 2 saturated heterocycles. The molecule has 0 saturated carbocycles. The molecule has 2 N–H and O–H groups in total. The maximum atomic E-state index is 12.3. The maximum Gasteiger partial charge on any atom is 0.252 e. The molecule has 6 nitrogen and oxygen atoms in total. The molecule has 1 atom stereocenters. The van der Waals surface area contributed by atoms with Gasteiger partial charge in [-0.15, -0.1) is 0 Å². The molecule has 2 fully saturated rings. The number of anilines is 1. The lowest BCUT2D eigenvalue weighted by molar-refractivity contribution is -0.134. The van der Waals surface area contributed by atoms with Crippen LogP contribution in [0.2, 0.25) is 0 Å². The number of nitrogens with one attached hydrogen (secondary N) is 2. The lowest BCUT2D eigenvalue weighted by Crippen LogP contribution is -2.52. The van der Waals surface area contributed by atoms with Gasteiger partial charge in [0.25, 0.3) is 5.91 Å². The first kappa shape index (κ1) is 14.6. The predicted molar refractivity (Wildman–Crippen MR) is 81.5 cm³/mol. The van der Waals surface area contributed by atoms with Crippen LogP contribution in [-0.2, 0) is 9.59 Å². The van der Waals surface area contributed by atoms with Crippen LogP contribution in [0, 0.1) is 0 Å². The molecule has 1 aromatic carbocycles. The molecule has 3 rings (SSSR count). The van der Waals surface area contributed by atoms with E-state index in [-0.39, 0.29) is 18.2 Å². The van der Waals surface area contributed by atoms with Crippen LogP contribution >= 0.6 is 0 Å². The molecule has 22 heavy (non-hydrogen) atoms. The zero-order valence-electron chi connectivity index (χ0n) is 12.3. The third-order valence-electron chi connectivity index (χ3n) is 4.12. The number of carbonyl (C=O) groups excluding carboxylic acids is 3. The SMILES string of the molecule is O=C1CCC(NC(=O)c2cccc(N3CCCC3)c2)C(=O)N1. The van der Waals surface area contributed by atoms with Crippen LogP contribution in [0.4, 0.5) is 5.69 Å². The molecule has 1 unspecified atom stereocenters. The second-order valence-corrected chi connectivity index (χ2v) is 5.72. The van der Waals surface area contributed by atoms with Gasteiger partial charge in [-0.2, -0.15) is 0 Å². The van der Waals surface area contributed by atoms with Crippen molar-refractivity contribution in [1.82, 2.24) is 10.6 Å². The van der Waals surface area contributed by atoms with Crippen LogP contribution < -0.4 is 15.5 Å². The highest BCUT2D eigenvalue weighted by Crippen LogP contribution is 2.21. The zero-order chi connectivity index (χ0) is 15.5. The van der Waals surface area contributed by atoms with Gasteiger partial charge in [0.15, 0.2) is 0 Å². The second kappa shape index (κ2) is 6.17. The first-order valence-electron chi connectivity index (χ1n) is 7.63. The molecular weight excluding hydrogens is 282 g/mol. The molecule has 0 aromatic heterocycles. The van der Waals surface area contributed by atoms with E-state index in [4.69, 9.17) is 0 Å². The van der Waals surface area contributed by atoms with Crippen LogP contribution in [0.25, 0.3) is 0 Å². The number of imide groups is 1. The number of carbonyl (C=O) groups is 3. The fraction of sp³-hybridized carbons (Fsp3) is 0.438. The second-order valence-electron chi connectivity index (χ2n) is 5.72. The van der Waals surface area contributed by atoms with E-state index in [1.807, 2.05) is 18.2 Å². The Balaban J connectivity index is 1.68. The summed E-state index contributed by atoms with van der Waals surface area (Å²) in [6.45, 7) is 2.02. The summed E-state index contributed by atoms with van der Waals surface area (Å²) in [4.78, 5) is 37.4. The topological polar surface area (TPSA) is 78.5 Å². The van der Waals surface area contributed by atoms with Gasteiger partial charge >= 0.3 is 0 Å². The zero-order valence-corrected chi connectivity index (χ0v) is 12.3. The average molecular weight is 301 g/mol. The summed E-state index contributed by atoms with van der Waals surface area (Å²) in [6.07, 6.45) is 2.95. The molecule has 1 aromatic rings. The van der Waals surface area contributed by atoms with Gasteiger partial charge in [0.1, 0.15) is 6.04 Å². The number of nitrogens with zero attached hydrogens (tertiary/aromatic N) is 1. The number of rotatable bonds is 3. The van der Waals surface area contributed by atoms with Crippen molar-refractivity contribution in [2.24, 2.45) is 0 Å². The summed E-state index contributed by atoms with van der Waals surface area (Å²) in [7, 11) is 0. The molecule has 2 heterocycles. The van der Waals surface area contributed by atoms with E-state index in [1.165, 1.54) is 12.8 Å².